The topological polar surface area (TPSA) is 142 Å². The number of nitrogens with zero attached hydrogens (tertiary/aromatic N) is 1. The molecule has 3 N–H and O–H groups in total. The summed E-state index contributed by atoms with van der Waals surface area (Å²) in [4.78, 5) is 33.0. The number of aliphatic carboxylic acids is 1. The van der Waals surface area contributed by atoms with E-state index in [1.54, 1.807) is 6.07 Å². The number of hydrogen-bond acceptors (Lipinski definition) is 7. The van der Waals surface area contributed by atoms with Gasteiger partial charge in [0.15, 0.2) is 0 Å². The van der Waals surface area contributed by atoms with Crippen LogP contribution in [0.3, 0.4) is 0 Å². The monoisotopic (exact) mass is 360 g/mol. The van der Waals surface area contributed by atoms with E-state index in [0.29, 0.717) is 5.56 Å². The van der Waals surface area contributed by atoms with Crippen molar-refractivity contribution in [2.75, 3.05) is 7.11 Å². The highest BCUT2D eigenvalue weighted by Gasteiger charge is 2.20. The van der Waals surface area contributed by atoms with Crippen molar-refractivity contribution in [1.82, 2.24) is 0 Å². The molecule has 0 aliphatic carbocycles. The average Bonchev–Trinajstić information content (AvgIpc) is 2.62. The predicted octanol–water partition coefficient (Wildman–Crippen LogP) is 2.13. The third-order valence-electron chi connectivity index (χ3n) is 3.48. The normalized spacial score (nSPS) is 11.5. The summed E-state index contributed by atoms with van der Waals surface area (Å²) in [7, 11) is 1.24. The van der Waals surface area contributed by atoms with Gasteiger partial charge in [-0.3, -0.25) is 14.9 Å². The number of esters is 1. The first-order valence-electron chi connectivity index (χ1n) is 7.43. The van der Waals surface area contributed by atoms with Crippen LogP contribution in [-0.4, -0.2) is 35.1 Å². The van der Waals surface area contributed by atoms with Gasteiger partial charge >= 0.3 is 17.6 Å². The van der Waals surface area contributed by atoms with E-state index in [-0.39, 0.29) is 29.2 Å². The van der Waals surface area contributed by atoms with Crippen LogP contribution in [0.1, 0.15) is 15.9 Å². The molecular formula is C17H16N2O7. The van der Waals surface area contributed by atoms with Crippen molar-refractivity contribution < 1.29 is 29.1 Å². The zero-order valence-electron chi connectivity index (χ0n) is 13.7. The van der Waals surface area contributed by atoms with E-state index < -0.39 is 22.9 Å². The number of carbonyl (C=O) groups is 2. The van der Waals surface area contributed by atoms with Gasteiger partial charge in [-0.1, -0.05) is 12.1 Å². The SMILES string of the molecule is COC(=O)c1cccc(Oc2ccc(CC(N)C(=O)O)cc2[N+](=O)[O-])c1. The van der Waals surface area contributed by atoms with Crippen molar-refractivity contribution in [2.24, 2.45) is 5.73 Å². The summed E-state index contributed by atoms with van der Waals surface area (Å²) in [6.45, 7) is 0. The zero-order valence-corrected chi connectivity index (χ0v) is 13.7. The van der Waals surface area contributed by atoms with E-state index in [1.165, 1.54) is 43.5 Å². The van der Waals surface area contributed by atoms with Crippen LogP contribution >= 0.6 is 0 Å². The Bertz CT molecular complexity index is 851. The number of ether oxygens (including phenoxy) is 2. The molecule has 1 unspecified atom stereocenters. The molecule has 2 aromatic rings. The second-order valence-electron chi connectivity index (χ2n) is 5.33. The average molecular weight is 360 g/mol. The minimum absolute atomic E-state index is 0.0512. The van der Waals surface area contributed by atoms with Gasteiger partial charge in [0.2, 0.25) is 5.75 Å². The van der Waals surface area contributed by atoms with E-state index in [2.05, 4.69) is 4.74 Å². The lowest BCUT2D eigenvalue weighted by Crippen LogP contribution is -2.32. The molecule has 136 valence electrons. The summed E-state index contributed by atoms with van der Waals surface area (Å²) >= 11 is 0. The van der Waals surface area contributed by atoms with Crippen LogP contribution < -0.4 is 10.5 Å². The van der Waals surface area contributed by atoms with Crippen LogP contribution in [0.15, 0.2) is 42.5 Å². The maximum Gasteiger partial charge on any atom is 0.337 e. The Hall–Kier alpha value is -3.46. The first-order valence-corrected chi connectivity index (χ1v) is 7.43. The van der Waals surface area contributed by atoms with Crippen molar-refractivity contribution in [3.8, 4) is 11.5 Å². The second kappa shape index (κ2) is 8.08. The second-order valence-corrected chi connectivity index (χ2v) is 5.33. The molecule has 9 heteroatoms. The highest BCUT2D eigenvalue weighted by atomic mass is 16.6. The first-order chi connectivity index (χ1) is 12.3. The molecule has 0 fully saturated rings. The molecule has 9 nitrogen and oxygen atoms in total. The Morgan fingerprint density at radius 3 is 2.62 bits per heavy atom. The number of carboxylic acids is 1. The van der Waals surface area contributed by atoms with Crippen molar-refractivity contribution >= 4 is 17.6 Å². The Morgan fingerprint density at radius 1 is 1.27 bits per heavy atom. The van der Waals surface area contributed by atoms with Gasteiger partial charge in [0.25, 0.3) is 0 Å². The number of hydrogen-bond donors (Lipinski definition) is 2. The van der Waals surface area contributed by atoms with Crippen LogP contribution in [0.25, 0.3) is 0 Å². The fraction of sp³-hybridized carbons (Fsp3) is 0.176. The number of carboxylic acid groups (broad SMARTS) is 1. The smallest absolute Gasteiger partial charge is 0.337 e. The van der Waals surface area contributed by atoms with Crippen molar-refractivity contribution in [3.63, 3.8) is 0 Å². The molecule has 0 aliphatic rings. The quantitative estimate of drug-likeness (QED) is 0.434. The van der Waals surface area contributed by atoms with Crippen molar-refractivity contribution in [1.29, 1.82) is 0 Å². The van der Waals surface area contributed by atoms with Gasteiger partial charge in [-0.25, -0.2) is 4.79 Å². The molecule has 1 atom stereocenters. The van der Waals surface area contributed by atoms with Gasteiger partial charge in [-0.2, -0.15) is 0 Å². The Morgan fingerprint density at radius 2 is 2.00 bits per heavy atom. The number of methoxy groups -OCH3 is 1. The molecule has 2 rings (SSSR count). The minimum Gasteiger partial charge on any atom is -0.480 e. The van der Waals surface area contributed by atoms with E-state index >= 15 is 0 Å². The van der Waals surface area contributed by atoms with Gasteiger partial charge in [0, 0.05) is 6.07 Å². The summed E-state index contributed by atoms with van der Waals surface area (Å²) < 4.78 is 10.1. The lowest BCUT2D eigenvalue weighted by atomic mass is 10.1. The van der Waals surface area contributed by atoms with Crippen LogP contribution in [0, 0.1) is 10.1 Å². The fourth-order valence-electron chi connectivity index (χ4n) is 2.19. The lowest BCUT2D eigenvalue weighted by Gasteiger charge is -2.10. The third kappa shape index (κ3) is 4.54. The minimum atomic E-state index is -1.20. The van der Waals surface area contributed by atoms with Gasteiger partial charge in [-0.05, 0) is 36.2 Å². The number of benzene rings is 2. The summed E-state index contributed by atoms with van der Waals surface area (Å²) in [5, 5.41) is 20.2. The molecule has 0 saturated carbocycles. The summed E-state index contributed by atoms with van der Waals surface area (Å²) in [6.07, 6.45) is -0.0612. The van der Waals surface area contributed by atoms with Gasteiger partial charge in [0.05, 0.1) is 17.6 Å². The number of carbonyl (C=O) groups excluding carboxylic acids is 1. The maximum atomic E-state index is 11.5. The fourth-order valence-corrected chi connectivity index (χ4v) is 2.19. The van der Waals surface area contributed by atoms with E-state index in [1.807, 2.05) is 0 Å². The van der Waals surface area contributed by atoms with Crippen LogP contribution in [0.2, 0.25) is 0 Å². The van der Waals surface area contributed by atoms with Crippen LogP contribution in [-0.2, 0) is 16.0 Å². The maximum absolute atomic E-state index is 11.5. The number of nitro benzene ring substituents is 1. The Labute approximate surface area is 148 Å². The van der Waals surface area contributed by atoms with Crippen molar-refractivity contribution in [3.05, 3.63) is 63.7 Å². The molecule has 0 amide bonds. The standard InChI is InChI=1S/C17H16N2O7/c1-25-17(22)11-3-2-4-12(9-11)26-15-6-5-10(7-13(18)16(20)21)8-14(15)19(23)24/h2-6,8-9,13H,7,18H2,1H3,(H,20,21). The van der Waals surface area contributed by atoms with Crippen LogP contribution in [0.4, 0.5) is 5.69 Å². The lowest BCUT2D eigenvalue weighted by molar-refractivity contribution is -0.385. The molecule has 0 heterocycles. The van der Waals surface area contributed by atoms with E-state index in [9.17, 15) is 19.7 Å². The van der Waals surface area contributed by atoms with Crippen molar-refractivity contribution in [2.45, 2.75) is 12.5 Å². The molecule has 0 aromatic heterocycles. The third-order valence-corrected chi connectivity index (χ3v) is 3.48. The highest BCUT2D eigenvalue weighted by Crippen LogP contribution is 2.32. The Balaban J connectivity index is 2.30. The molecule has 0 aliphatic heterocycles. The Kier molecular flexibility index (Phi) is 5.86. The number of nitro groups is 1. The first kappa shape index (κ1) is 18.9. The number of rotatable bonds is 7. The summed E-state index contributed by atoms with van der Waals surface area (Å²) in [6, 6.07) is 8.88. The molecule has 0 bridgehead atoms. The number of nitrogens with two attached hydrogens (primary N) is 1. The molecule has 0 radical (unpaired) electrons. The molecule has 0 saturated heterocycles. The summed E-state index contributed by atoms with van der Waals surface area (Å²) in [5.41, 5.74) is 5.73. The summed E-state index contributed by atoms with van der Waals surface area (Å²) in [5.74, 6) is -1.61. The molecule has 26 heavy (non-hydrogen) atoms. The highest BCUT2D eigenvalue weighted by molar-refractivity contribution is 5.89. The molecule has 0 spiro atoms. The molecular weight excluding hydrogens is 344 g/mol. The van der Waals surface area contributed by atoms with Gasteiger partial charge in [-0.15, -0.1) is 0 Å². The van der Waals surface area contributed by atoms with Crippen LogP contribution in [0.5, 0.6) is 11.5 Å². The van der Waals surface area contributed by atoms with Gasteiger partial charge in [0.1, 0.15) is 11.8 Å². The van der Waals surface area contributed by atoms with E-state index in [4.69, 9.17) is 15.6 Å². The van der Waals surface area contributed by atoms with Gasteiger partial charge < -0.3 is 20.3 Å². The zero-order chi connectivity index (χ0) is 19.3. The predicted molar refractivity (Wildman–Crippen MR) is 90.3 cm³/mol. The van der Waals surface area contributed by atoms with E-state index in [0.717, 1.165) is 0 Å². The molecule has 2 aromatic carbocycles. The largest absolute Gasteiger partial charge is 0.480 e.